The molecule has 0 aromatic carbocycles. The minimum absolute atomic E-state index is 0.280. The second-order valence-electron chi connectivity index (χ2n) is 5.87. The second-order valence-corrected chi connectivity index (χ2v) is 5.87. The highest BCUT2D eigenvalue weighted by Crippen LogP contribution is 2.09. The SMILES string of the molecule is CCCCCCCCCCC=C=C/C=C/CCCCC(=O)O. The third-order valence-corrected chi connectivity index (χ3v) is 3.66. The predicted octanol–water partition coefficient (Wildman–Crippen LogP) is 6.43. The van der Waals surface area contributed by atoms with Crippen molar-refractivity contribution in [2.24, 2.45) is 0 Å². The van der Waals surface area contributed by atoms with E-state index in [4.69, 9.17) is 5.11 Å². The Bertz CT molecular complexity index is 336. The molecule has 0 atom stereocenters. The van der Waals surface area contributed by atoms with E-state index in [9.17, 15) is 4.79 Å². The number of carboxylic acids is 1. The Morgan fingerprint density at radius 1 is 0.909 bits per heavy atom. The topological polar surface area (TPSA) is 37.3 Å². The van der Waals surface area contributed by atoms with Gasteiger partial charge in [-0.1, -0.05) is 64.0 Å². The zero-order valence-corrected chi connectivity index (χ0v) is 14.4. The summed E-state index contributed by atoms with van der Waals surface area (Å²) < 4.78 is 0. The molecule has 0 saturated carbocycles. The maximum atomic E-state index is 10.3. The van der Waals surface area contributed by atoms with E-state index in [1.54, 1.807) is 0 Å². The van der Waals surface area contributed by atoms with Gasteiger partial charge < -0.3 is 5.11 Å². The van der Waals surface area contributed by atoms with E-state index < -0.39 is 5.97 Å². The highest BCUT2D eigenvalue weighted by molar-refractivity contribution is 5.66. The van der Waals surface area contributed by atoms with Gasteiger partial charge in [0.1, 0.15) is 0 Å². The van der Waals surface area contributed by atoms with E-state index in [0.717, 1.165) is 25.7 Å². The molecule has 0 fully saturated rings. The van der Waals surface area contributed by atoms with Crippen LogP contribution in [-0.2, 0) is 4.79 Å². The fourth-order valence-electron chi connectivity index (χ4n) is 2.29. The minimum Gasteiger partial charge on any atom is -0.481 e. The lowest BCUT2D eigenvalue weighted by molar-refractivity contribution is -0.137. The number of unbranched alkanes of at least 4 members (excludes halogenated alkanes) is 10. The van der Waals surface area contributed by atoms with Gasteiger partial charge in [-0.25, -0.2) is 0 Å². The Morgan fingerprint density at radius 2 is 1.55 bits per heavy atom. The standard InChI is InChI=1S/C20H34O2/c1-2-3-4-5-6-7-8-9-10-11-12-13-14-15-16-17-18-19-20(21)22/h11,13-15H,2-10,16-19H2,1H3,(H,21,22)/b15-14+. The van der Waals surface area contributed by atoms with Gasteiger partial charge in [0, 0.05) is 6.42 Å². The summed E-state index contributed by atoms with van der Waals surface area (Å²) in [6.07, 6.45) is 23.1. The number of allylic oxidation sites excluding steroid dienone is 3. The van der Waals surface area contributed by atoms with Crippen molar-refractivity contribution in [2.45, 2.75) is 90.4 Å². The third kappa shape index (κ3) is 18.7. The molecule has 0 unspecified atom stereocenters. The van der Waals surface area contributed by atoms with Gasteiger partial charge in [-0.05, 0) is 44.3 Å². The van der Waals surface area contributed by atoms with E-state index in [1.807, 2.05) is 12.2 Å². The fraction of sp³-hybridized carbons (Fsp3) is 0.700. The van der Waals surface area contributed by atoms with Crippen LogP contribution < -0.4 is 0 Å². The highest BCUT2D eigenvalue weighted by atomic mass is 16.4. The number of carbonyl (C=O) groups is 1. The van der Waals surface area contributed by atoms with E-state index in [0.29, 0.717) is 0 Å². The quantitative estimate of drug-likeness (QED) is 0.215. The number of hydrogen-bond donors (Lipinski definition) is 1. The Kier molecular flexibility index (Phi) is 16.8. The predicted molar refractivity (Wildman–Crippen MR) is 95.1 cm³/mol. The largest absolute Gasteiger partial charge is 0.481 e. The molecule has 0 rings (SSSR count). The van der Waals surface area contributed by atoms with Gasteiger partial charge in [0.25, 0.3) is 0 Å². The van der Waals surface area contributed by atoms with Gasteiger partial charge in [0.05, 0.1) is 0 Å². The van der Waals surface area contributed by atoms with Crippen molar-refractivity contribution in [3.8, 4) is 0 Å². The molecule has 0 aliphatic heterocycles. The minimum atomic E-state index is -0.701. The van der Waals surface area contributed by atoms with Crippen molar-refractivity contribution in [1.82, 2.24) is 0 Å². The van der Waals surface area contributed by atoms with Gasteiger partial charge in [-0.2, -0.15) is 0 Å². The Morgan fingerprint density at radius 3 is 2.23 bits per heavy atom. The van der Waals surface area contributed by atoms with Crippen molar-refractivity contribution >= 4 is 5.97 Å². The molecule has 0 heterocycles. The summed E-state index contributed by atoms with van der Waals surface area (Å²) in [5.41, 5.74) is 3.18. The van der Waals surface area contributed by atoms with Crippen LogP contribution in [-0.4, -0.2) is 11.1 Å². The highest BCUT2D eigenvalue weighted by Gasteiger charge is 1.93. The lowest BCUT2D eigenvalue weighted by Crippen LogP contribution is -1.92. The number of carboxylic acid groups (broad SMARTS) is 1. The summed E-state index contributed by atoms with van der Waals surface area (Å²) >= 11 is 0. The lowest BCUT2D eigenvalue weighted by atomic mass is 10.1. The van der Waals surface area contributed by atoms with Crippen molar-refractivity contribution in [3.05, 3.63) is 30.0 Å². The van der Waals surface area contributed by atoms with Crippen LogP contribution in [0, 0.1) is 0 Å². The smallest absolute Gasteiger partial charge is 0.303 e. The van der Waals surface area contributed by atoms with E-state index in [1.165, 1.54) is 51.4 Å². The first kappa shape index (κ1) is 20.7. The normalized spacial score (nSPS) is 10.6. The number of aliphatic carboxylic acids is 1. The maximum Gasteiger partial charge on any atom is 0.303 e. The number of hydrogen-bond acceptors (Lipinski definition) is 1. The summed E-state index contributed by atoms with van der Waals surface area (Å²) in [5, 5.41) is 8.50. The molecule has 0 aromatic heterocycles. The van der Waals surface area contributed by atoms with Crippen LogP contribution in [0.15, 0.2) is 30.0 Å². The molecular weight excluding hydrogens is 272 g/mol. The molecule has 0 aliphatic rings. The van der Waals surface area contributed by atoms with Crippen molar-refractivity contribution in [3.63, 3.8) is 0 Å². The van der Waals surface area contributed by atoms with E-state index in [-0.39, 0.29) is 6.42 Å². The summed E-state index contributed by atoms with van der Waals surface area (Å²) in [5.74, 6) is -0.701. The molecule has 0 aromatic rings. The lowest BCUT2D eigenvalue weighted by Gasteiger charge is -1.99. The van der Waals surface area contributed by atoms with Gasteiger partial charge in [-0.3, -0.25) is 4.79 Å². The Hall–Kier alpha value is -1.27. The first-order valence-corrected chi connectivity index (χ1v) is 9.05. The van der Waals surface area contributed by atoms with Crippen LogP contribution in [0.1, 0.15) is 90.4 Å². The molecule has 0 spiro atoms. The van der Waals surface area contributed by atoms with Gasteiger partial charge in [0.15, 0.2) is 0 Å². The zero-order valence-electron chi connectivity index (χ0n) is 14.4. The van der Waals surface area contributed by atoms with Gasteiger partial charge in [-0.15, -0.1) is 5.73 Å². The van der Waals surface area contributed by atoms with Crippen LogP contribution in [0.25, 0.3) is 0 Å². The summed E-state index contributed by atoms with van der Waals surface area (Å²) in [6.45, 7) is 2.26. The van der Waals surface area contributed by atoms with E-state index >= 15 is 0 Å². The van der Waals surface area contributed by atoms with Crippen molar-refractivity contribution < 1.29 is 9.90 Å². The molecule has 0 radical (unpaired) electrons. The maximum absolute atomic E-state index is 10.3. The first-order chi connectivity index (χ1) is 10.8. The van der Waals surface area contributed by atoms with E-state index in [2.05, 4.69) is 24.8 Å². The average Bonchev–Trinajstić information content (AvgIpc) is 2.50. The summed E-state index contributed by atoms with van der Waals surface area (Å²) in [4.78, 5) is 10.3. The van der Waals surface area contributed by atoms with Gasteiger partial charge >= 0.3 is 5.97 Å². The van der Waals surface area contributed by atoms with Crippen LogP contribution in [0.3, 0.4) is 0 Å². The van der Waals surface area contributed by atoms with Crippen molar-refractivity contribution in [1.29, 1.82) is 0 Å². The van der Waals surface area contributed by atoms with Crippen LogP contribution >= 0.6 is 0 Å². The second kappa shape index (κ2) is 17.8. The molecule has 0 saturated heterocycles. The molecule has 1 N–H and O–H groups in total. The van der Waals surface area contributed by atoms with Crippen LogP contribution in [0.5, 0.6) is 0 Å². The number of rotatable bonds is 15. The molecular formula is C20H34O2. The van der Waals surface area contributed by atoms with Gasteiger partial charge in [0.2, 0.25) is 0 Å². The Balaban J connectivity index is 3.32. The fourth-order valence-corrected chi connectivity index (χ4v) is 2.29. The monoisotopic (exact) mass is 306 g/mol. The molecule has 2 nitrogen and oxygen atoms in total. The molecule has 22 heavy (non-hydrogen) atoms. The molecule has 126 valence electrons. The van der Waals surface area contributed by atoms with Crippen LogP contribution in [0.2, 0.25) is 0 Å². The average molecular weight is 306 g/mol. The molecule has 0 bridgehead atoms. The Labute approximate surface area is 137 Å². The molecule has 2 heteroatoms. The van der Waals surface area contributed by atoms with Crippen LogP contribution in [0.4, 0.5) is 0 Å². The molecule has 0 amide bonds. The summed E-state index contributed by atoms with van der Waals surface area (Å²) in [6, 6.07) is 0. The summed E-state index contributed by atoms with van der Waals surface area (Å²) in [7, 11) is 0. The first-order valence-electron chi connectivity index (χ1n) is 9.05. The van der Waals surface area contributed by atoms with Crippen molar-refractivity contribution in [2.75, 3.05) is 0 Å². The third-order valence-electron chi connectivity index (χ3n) is 3.66. The zero-order chi connectivity index (χ0) is 16.3. The molecule has 0 aliphatic carbocycles.